The highest BCUT2D eigenvalue weighted by atomic mass is 16.5. The van der Waals surface area contributed by atoms with Gasteiger partial charge in [0, 0.05) is 5.41 Å². The maximum absolute atomic E-state index is 5.43. The molecular formula is C17H25NO. The maximum atomic E-state index is 5.43. The number of rotatable bonds is 2. The van der Waals surface area contributed by atoms with Gasteiger partial charge in [0.05, 0.1) is 7.11 Å². The van der Waals surface area contributed by atoms with Crippen LogP contribution in [0.4, 0.5) is 0 Å². The molecule has 19 heavy (non-hydrogen) atoms. The van der Waals surface area contributed by atoms with Crippen molar-refractivity contribution in [2.45, 2.75) is 38.0 Å². The van der Waals surface area contributed by atoms with Gasteiger partial charge in [-0.3, -0.25) is 0 Å². The monoisotopic (exact) mass is 259 g/mol. The molecule has 3 atom stereocenters. The van der Waals surface area contributed by atoms with Gasteiger partial charge >= 0.3 is 0 Å². The molecular weight excluding hydrogens is 234 g/mol. The lowest BCUT2D eigenvalue weighted by Crippen LogP contribution is -2.51. The lowest BCUT2D eigenvalue weighted by Gasteiger charge is -2.50. The van der Waals surface area contributed by atoms with Crippen LogP contribution in [0, 0.1) is 11.8 Å². The van der Waals surface area contributed by atoms with Crippen molar-refractivity contribution in [3.8, 4) is 5.75 Å². The predicted molar refractivity (Wildman–Crippen MR) is 78.7 cm³/mol. The van der Waals surface area contributed by atoms with Crippen molar-refractivity contribution < 1.29 is 4.74 Å². The van der Waals surface area contributed by atoms with Crippen LogP contribution < -0.4 is 10.1 Å². The van der Waals surface area contributed by atoms with E-state index in [2.05, 4.69) is 36.5 Å². The zero-order valence-electron chi connectivity index (χ0n) is 12.1. The van der Waals surface area contributed by atoms with Gasteiger partial charge in [0.25, 0.3) is 0 Å². The molecule has 0 spiro atoms. The Labute approximate surface area is 116 Å². The summed E-state index contributed by atoms with van der Waals surface area (Å²) in [5.41, 5.74) is 1.89. The van der Waals surface area contributed by atoms with Crippen LogP contribution in [0.3, 0.4) is 0 Å². The lowest BCUT2D eigenvalue weighted by molar-refractivity contribution is 0.106. The average Bonchev–Trinajstić information content (AvgIpc) is 2.47. The summed E-state index contributed by atoms with van der Waals surface area (Å²) in [5.74, 6) is 2.65. The molecule has 0 bridgehead atoms. The van der Waals surface area contributed by atoms with E-state index in [1.807, 2.05) is 0 Å². The molecule has 1 saturated carbocycles. The Morgan fingerprint density at radius 2 is 2.21 bits per heavy atom. The van der Waals surface area contributed by atoms with E-state index in [4.69, 9.17) is 4.74 Å². The molecule has 0 amide bonds. The number of nitrogens with one attached hydrogen (secondary N) is 1. The van der Waals surface area contributed by atoms with Crippen LogP contribution in [0.25, 0.3) is 0 Å². The summed E-state index contributed by atoms with van der Waals surface area (Å²) in [7, 11) is 1.76. The Morgan fingerprint density at radius 1 is 1.32 bits per heavy atom. The maximum Gasteiger partial charge on any atom is 0.119 e. The van der Waals surface area contributed by atoms with Crippen molar-refractivity contribution in [1.29, 1.82) is 0 Å². The zero-order valence-corrected chi connectivity index (χ0v) is 12.1. The third kappa shape index (κ3) is 2.27. The number of ether oxygens (including phenoxy) is 1. The van der Waals surface area contributed by atoms with Crippen LogP contribution in [0.2, 0.25) is 0 Å². The summed E-state index contributed by atoms with van der Waals surface area (Å²) in [6.45, 7) is 4.75. The van der Waals surface area contributed by atoms with E-state index < -0.39 is 0 Å². The molecule has 1 aromatic carbocycles. The van der Waals surface area contributed by atoms with Gasteiger partial charge in [-0.1, -0.05) is 25.5 Å². The van der Waals surface area contributed by atoms with Gasteiger partial charge in [0.1, 0.15) is 5.75 Å². The van der Waals surface area contributed by atoms with E-state index in [0.717, 1.165) is 24.1 Å². The number of benzene rings is 1. The Bertz CT molecular complexity index is 445. The van der Waals surface area contributed by atoms with E-state index in [9.17, 15) is 0 Å². The smallest absolute Gasteiger partial charge is 0.119 e. The van der Waals surface area contributed by atoms with Gasteiger partial charge in [0.15, 0.2) is 0 Å². The quantitative estimate of drug-likeness (QED) is 0.879. The molecule has 3 rings (SSSR count). The molecule has 0 unspecified atom stereocenters. The molecule has 2 fully saturated rings. The van der Waals surface area contributed by atoms with Crippen molar-refractivity contribution in [2.24, 2.45) is 11.8 Å². The molecule has 1 N–H and O–H groups in total. The molecule has 1 saturated heterocycles. The molecule has 1 aromatic rings. The fraction of sp³-hybridized carbons (Fsp3) is 0.647. The SMILES string of the molecule is COc1cccc([C@@]23CCNC[C@@H]2CC[C@H](C)C3)c1. The Hall–Kier alpha value is -1.02. The second kappa shape index (κ2) is 5.16. The summed E-state index contributed by atoms with van der Waals surface area (Å²) >= 11 is 0. The predicted octanol–water partition coefficient (Wildman–Crippen LogP) is 3.36. The van der Waals surface area contributed by atoms with Crippen molar-refractivity contribution >= 4 is 0 Å². The third-order valence-electron chi connectivity index (χ3n) is 5.29. The van der Waals surface area contributed by atoms with E-state index >= 15 is 0 Å². The highest BCUT2D eigenvalue weighted by Gasteiger charge is 2.45. The van der Waals surface area contributed by atoms with E-state index in [-0.39, 0.29) is 0 Å². The first-order chi connectivity index (χ1) is 9.24. The normalized spacial score (nSPS) is 34.6. The van der Waals surface area contributed by atoms with Crippen LogP contribution in [0.5, 0.6) is 5.75 Å². The van der Waals surface area contributed by atoms with E-state index in [1.54, 1.807) is 7.11 Å². The van der Waals surface area contributed by atoms with Gasteiger partial charge in [0.2, 0.25) is 0 Å². The minimum absolute atomic E-state index is 0.386. The first-order valence-corrected chi connectivity index (χ1v) is 7.60. The molecule has 1 aliphatic heterocycles. The van der Waals surface area contributed by atoms with Gasteiger partial charge in [-0.05, 0) is 61.9 Å². The van der Waals surface area contributed by atoms with E-state index in [1.165, 1.54) is 37.8 Å². The van der Waals surface area contributed by atoms with Crippen LogP contribution >= 0.6 is 0 Å². The minimum atomic E-state index is 0.386. The Kier molecular flexibility index (Phi) is 3.53. The molecule has 1 aliphatic carbocycles. The summed E-state index contributed by atoms with van der Waals surface area (Å²) < 4.78 is 5.43. The minimum Gasteiger partial charge on any atom is -0.497 e. The number of hydrogen-bond donors (Lipinski definition) is 1. The van der Waals surface area contributed by atoms with Crippen LogP contribution in [0.1, 0.15) is 38.2 Å². The molecule has 2 nitrogen and oxygen atoms in total. The lowest BCUT2D eigenvalue weighted by atomic mass is 9.57. The topological polar surface area (TPSA) is 21.3 Å². The molecule has 104 valence electrons. The Balaban J connectivity index is 2.00. The van der Waals surface area contributed by atoms with E-state index in [0.29, 0.717) is 5.41 Å². The van der Waals surface area contributed by atoms with Gasteiger partial charge in [-0.2, -0.15) is 0 Å². The summed E-state index contributed by atoms with van der Waals surface area (Å²) in [4.78, 5) is 0. The Morgan fingerprint density at radius 3 is 3.05 bits per heavy atom. The number of fused-ring (bicyclic) bond motifs is 1. The van der Waals surface area contributed by atoms with Crippen molar-refractivity contribution in [2.75, 3.05) is 20.2 Å². The van der Waals surface area contributed by atoms with Crippen molar-refractivity contribution in [3.63, 3.8) is 0 Å². The van der Waals surface area contributed by atoms with Crippen molar-refractivity contribution in [3.05, 3.63) is 29.8 Å². The first-order valence-electron chi connectivity index (χ1n) is 7.60. The molecule has 0 aromatic heterocycles. The van der Waals surface area contributed by atoms with Crippen molar-refractivity contribution in [1.82, 2.24) is 5.32 Å². The number of hydrogen-bond acceptors (Lipinski definition) is 2. The fourth-order valence-electron chi connectivity index (χ4n) is 4.27. The van der Waals surface area contributed by atoms with Gasteiger partial charge in [-0.25, -0.2) is 0 Å². The second-order valence-electron chi connectivity index (χ2n) is 6.43. The molecule has 2 aliphatic rings. The third-order valence-corrected chi connectivity index (χ3v) is 5.29. The standard InChI is InChI=1S/C17H25NO/c1-13-6-7-15-12-18-9-8-17(15,11-13)14-4-3-5-16(10-14)19-2/h3-5,10,13,15,18H,6-9,11-12H2,1-2H3/t13-,15-,17-/m0/s1. The van der Waals surface area contributed by atoms with Crippen LogP contribution in [-0.2, 0) is 5.41 Å². The highest BCUT2D eigenvalue weighted by Crippen LogP contribution is 2.49. The van der Waals surface area contributed by atoms with Gasteiger partial charge in [-0.15, -0.1) is 0 Å². The summed E-state index contributed by atoms with van der Waals surface area (Å²) in [6, 6.07) is 8.80. The van der Waals surface area contributed by atoms with Crippen LogP contribution in [-0.4, -0.2) is 20.2 Å². The number of piperidine rings is 1. The molecule has 0 radical (unpaired) electrons. The number of methoxy groups -OCH3 is 1. The first kappa shape index (κ1) is 13.0. The summed E-state index contributed by atoms with van der Waals surface area (Å²) in [5, 5.41) is 3.59. The fourth-order valence-corrected chi connectivity index (χ4v) is 4.27. The second-order valence-corrected chi connectivity index (χ2v) is 6.43. The molecule has 2 heteroatoms. The zero-order chi connectivity index (χ0) is 13.3. The highest BCUT2D eigenvalue weighted by molar-refractivity contribution is 5.36. The van der Waals surface area contributed by atoms with Crippen LogP contribution in [0.15, 0.2) is 24.3 Å². The molecule has 1 heterocycles. The van der Waals surface area contributed by atoms with Gasteiger partial charge < -0.3 is 10.1 Å². The summed E-state index contributed by atoms with van der Waals surface area (Å²) in [6.07, 6.45) is 5.37. The average molecular weight is 259 g/mol. The largest absolute Gasteiger partial charge is 0.497 e.